The molecule has 1 rings (SSSR count). The third-order valence-corrected chi connectivity index (χ3v) is 2.41. The monoisotopic (exact) mass is 281 g/mol. The molecule has 0 unspecified atom stereocenters. The van der Waals surface area contributed by atoms with E-state index in [-0.39, 0.29) is 0 Å². The highest BCUT2D eigenvalue weighted by Gasteiger charge is 2.20. The van der Waals surface area contributed by atoms with Gasteiger partial charge < -0.3 is 14.9 Å². The lowest BCUT2D eigenvalue weighted by molar-refractivity contribution is -0.139. The van der Waals surface area contributed by atoms with Crippen molar-refractivity contribution >= 4 is 17.7 Å². The summed E-state index contributed by atoms with van der Waals surface area (Å²) in [6, 6.07) is 6.30. The number of hydrogen-bond acceptors (Lipinski definition) is 4. The summed E-state index contributed by atoms with van der Waals surface area (Å²) in [5, 5.41) is 20.6. The van der Waals surface area contributed by atoms with Crippen LogP contribution in [-0.4, -0.2) is 34.5 Å². The molecule has 6 heteroatoms. The van der Waals surface area contributed by atoms with Gasteiger partial charge in [-0.2, -0.15) is 0 Å². The number of aliphatic hydroxyl groups excluding tert-OH is 1. The van der Waals surface area contributed by atoms with Crippen molar-refractivity contribution in [1.82, 2.24) is 0 Å². The third-order valence-electron chi connectivity index (χ3n) is 2.41. The predicted octanol–water partition coefficient (Wildman–Crippen LogP) is 2.19. The van der Waals surface area contributed by atoms with Crippen LogP contribution < -0.4 is 5.32 Å². The lowest BCUT2D eigenvalue weighted by Gasteiger charge is -2.20. The summed E-state index contributed by atoms with van der Waals surface area (Å²) in [5.41, 5.74) is 0.209. The number of aliphatic carboxylic acids is 1. The van der Waals surface area contributed by atoms with Crippen LogP contribution in [0.2, 0.25) is 0 Å². The van der Waals surface area contributed by atoms with E-state index in [2.05, 4.69) is 5.32 Å². The second-order valence-electron chi connectivity index (χ2n) is 5.33. The van der Waals surface area contributed by atoms with Crippen LogP contribution in [0.4, 0.5) is 10.5 Å². The molecule has 6 nitrogen and oxygen atoms in total. The highest BCUT2D eigenvalue weighted by molar-refractivity contribution is 5.85. The zero-order chi connectivity index (χ0) is 15.3. The summed E-state index contributed by atoms with van der Waals surface area (Å²) in [5.74, 6) is -2.14. The molecule has 1 aromatic carbocycles. The topological polar surface area (TPSA) is 95.9 Å². The number of rotatable bonds is 4. The number of nitrogens with one attached hydrogen (secondary N) is 1. The van der Waals surface area contributed by atoms with Crippen molar-refractivity contribution in [2.45, 2.75) is 32.3 Å². The zero-order valence-electron chi connectivity index (χ0n) is 11.7. The Bertz CT molecular complexity index is 493. The SMILES string of the molecule is CC(C)(C)OC(=O)Nc1cccc([C@H](CO)C(=O)O)c1. The van der Waals surface area contributed by atoms with Gasteiger partial charge in [-0.3, -0.25) is 10.1 Å². The molecule has 0 aliphatic heterocycles. The van der Waals surface area contributed by atoms with Crippen LogP contribution in [0.5, 0.6) is 0 Å². The first-order valence-corrected chi connectivity index (χ1v) is 6.16. The maximum Gasteiger partial charge on any atom is 0.412 e. The van der Waals surface area contributed by atoms with Crippen molar-refractivity contribution < 1.29 is 24.5 Å². The first-order chi connectivity index (χ1) is 9.23. The van der Waals surface area contributed by atoms with E-state index >= 15 is 0 Å². The molecule has 0 aliphatic rings. The highest BCUT2D eigenvalue weighted by Crippen LogP contribution is 2.20. The summed E-state index contributed by atoms with van der Waals surface area (Å²) in [6.45, 7) is 4.73. The van der Waals surface area contributed by atoms with E-state index in [1.165, 1.54) is 6.07 Å². The van der Waals surface area contributed by atoms with Gasteiger partial charge in [0.05, 0.1) is 6.61 Å². The van der Waals surface area contributed by atoms with Crippen molar-refractivity contribution in [2.24, 2.45) is 0 Å². The van der Waals surface area contributed by atoms with Gasteiger partial charge >= 0.3 is 12.1 Å². The van der Waals surface area contributed by atoms with Crippen LogP contribution in [0.1, 0.15) is 32.3 Å². The molecule has 0 aliphatic carbocycles. The van der Waals surface area contributed by atoms with Gasteiger partial charge in [-0.1, -0.05) is 12.1 Å². The molecule has 0 saturated carbocycles. The van der Waals surface area contributed by atoms with Gasteiger partial charge in [0.25, 0.3) is 0 Å². The average Bonchev–Trinajstić information content (AvgIpc) is 2.26. The predicted molar refractivity (Wildman–Crippen MR) is 73.8 cm³/mol. The molecule has 0 aromatic heterocycles. The minimum Gasteiger partial charge on any atom is -0.481 e. The molecule has 1 aromatic rings. The number of carboxylic acids is 1. The summed E-state index contributed by atoms with van der Waals surface area (Å²) >= 11 is 0. The Morgan fingerprint density at radius 1 is 1.35 bits per heavy atom. The summed E-state index contributed by atoms with van der Waals surface area (Å²) in [7, 11) is 0. The highest BCUT2D eigenvalue weighted by atomic mass is 16.6. The van der Waals surface area contributed by atoms with Gasteiger partial charge in [-0.15, -0.1) is 0 Å². The van der Waals surface area contributed by atoms with E-state index < -0.39 is 30.2 Å². The van der Waals surface area contributed by atoms with Crippen molar-refractivity contribution in [2.75, 3.05) is 11.9 Å². The van der Waals surface area contributed by atoms with Gasteiger partial charge in [0, 0.05) is 5.69 Å². The molecule has 0 heterocycles. The van der Waals surface area contributed by atoms with Crippen molar-refractivity contribution in [1.29, 1.82) is 0 Å². The van der Waals surface area contributed by atoms with Crippen LogP contribution in [0.25, 0.3) is 0 Å². The quantitative estimate of drug-likeness (QED) is 0.786. The van der Waals surface area contributed by atoms with E-state index in [9.17, 15) is 9.59 Å². The Balaban J connectivity index is 2.83. The molecule has 0 saturated heterocycles. The third kappa shape index (κ3) is 4.89. The Morgan fingerprint density at radius 3 is 2.50 bits per heavy atom. The number of carbonyl (C=O) groups excluding carboxylic acids is 1. The smallest absolute Gasteiger partial charge is 0.412 e. The van der Waals surface area contributed by atoms with Crippen LogP contribution >= 0.6 is 0 Å². The molecule has 0 spiro atoms. The number of benzene rings is 1. The first-order valence-electron chi connectivity index (χ1n) is 6.16. The van der Waals surface area contributed by atoms with E-state index in [1.807, 2.05) is 0 Å². The summed E-state index contributed by atoms with van der Waals surface area (Å²) in [4.78, 5) is 22.6. The fourth-order valence-electron chi connectivity index (χ4n) is 1.58. The Labute approximate surface area is 117 Å². The fourth-order valence-corrected chi connectivity index (χ4v) is 1.58. The second-order valence-corrected chi connectivity index (χ2v) is 5.33. The normalized spacial score (nSPS) is 12.6. The van der Waals surface area contributed by atoms with E-state index in [4.69, 9.17) is 14.9 Å². The number of aliphatic hydroxyl groups is 1. The number of hydrogen-bond donors (Lipinski definition) is 3. The summed E-state index contributed by atoms with van der Waals surface area (Å²) in [6.07, 6.45) is -0.620. The van der Waals surface area contributed by atoms with E-state index in [0.717, 1.165) is 0 Å². The lowest BCUT2D eigenvalue weighted by atomic mass is 10.00. The molecule has 0 radical (unpaired) electrons. The van der Waals surface area contributed by atoms with Crippen LogP contribution in [0, 0.1) is 0 Å². The molecular formula is C14H19NO5. The maximum absolute atomic E-state index is 11.6. The number of carbonyl (C=O) groups is 2. The molecule has 20 heavy (non-hydrogen) atoms. The van der Waals surface area contributed by atoms with Crippen molar-refractivity contribution in [3.05, 3.63) is 29.8 Å². The Morgan fingerprint density at radius 2 is 2.00 bits per heavy atom. The maximum atomic E-state index is 11.6. The number of carboxylic acid groups (broad SMARTS) is 1. The van der Waals surface area contributed by atoms with Crippen LogP contribution in [0.3, 0.4) is 0 Å². The largest absolute Gasteiger partial charge is 0.481 e. The average molecular weight is 281 g/mol. The first kappa shape index (κ1) is 16.0. The van der Waals surface area contributed by atoms with Gasteiger partial charge in [0.1, 0.15) is 11.5 Å². The molecular weight excluding hydrogens is 262 g/mol. The fraction of sp³-hybridized carbons (Fsp3) is 0.429. The minimum absolute atomic E-state index is 0.411. The number of ether oxygens (including phenoxy) is 1. The van der Waals surface area contributed by atoms with E-state index in [1.54, 1.807) is 39.0 Å². The van der Waals surface area contributed by atoms with Crippen LogP contribution in [-0.2, 0) is 9.53 Å². The van der Waals surface area contributed by atoms with E-state index in [0.29, 0.717) is 11.3 Å². The van der Waals surface area contributed by atoms with Crippen LogP contribution in [0.15, 0.2) is 24.3 Å². The molecule has 0 bridgehead atoms. The number of amides is 1. The second kappa shape index (κ2) is 6.38. The molecule has 110 valence electrons. The van der Waals surface area contributed by atoms with Gasteiger partial charge in [0.15, 0.2) is 0 Å². The number of anilines is 1. The van der Waals surface area contributed by atoms with Gasteiger partial charge in [0.2, 0.25) is 0 Å². The zero-order valence-corrected chi connectivity index (χ0v) is 11.7. The lowest BCUT2D eigenvalue weighted by Crippen LogP contribution is -2.27. The minimum atomic E-state index is -1.12. The molecule has 0 fully saturated rings. The Hall–Kier alpha value is -2.08. The molecule has 1 atom stereocenters. The van der Waals surface area contributed by atoms with Crippen molar-refractivity contribution in [3.63, 3.8) is 0 Å². The van der Waals surface area contributed by atoms with Crippen molar-refractivity contribution in [3.8, 4) is 0 Å². The Kier molecular flexibility index (Phi) is 5.10. The molecule has 1 amide bonds. The molecule has 3 N–H and O–H groups in total. The summed E-state index contributed by atoms with van der Waals surface area (Å²) < 4.78 is 5.10. The standard InChI is InChI=1S/C14H19NO5/c1-14(2,3)20-13(19)15-10-6-4-5-9(7-10)11(8-16)12(17)18/h4-7,11,16H,8H2,1-3H3,(H,15,19)(H,17,18)/t11-/m0/s1. The van der Waals surface area contributed by atoms with Gasteiger partial charge in [-0.05, 0) is 38.5 Å². The van der Waals surface area contributed by atoms with Gasteiger partial charge in [-0.25, -0.2) is 4.79 Å².